The second kappa shape index (κ2) is 6.49. The highest BCUT2D eigenvalue weighted by molar-refractivity contribution is 7.13. The molecule has 2 aromatic heterocycles. The molecule has 1 aliphatic rings. The maximum atomic E-state index is 12.1. The summed E-state index contributed by atoms with van der Waals surface area (Å²) in [5.41, 5.74) is 3.39. The molecule has 0 N–H and O–H groups in total. The van der Waals surface area contributed by atoms with Crippen LogP contribution in [0.4, 0.5) is 5.69 Å². The molecule has 0 radical (unpaired) electrons. The fraction of sp³-hybridized carbons (Fsp3) is 0.105. The maximum Gasteiger partial charge on any atom is 0.265 e. The second-order valence-electron chi connectivity index (χ2n) is 5.52. The molecule has 0 saturated carbocycles. The van der Waals surface area contributed by atoms with Gasteiger partial charge >= 0.3 is 0 Å². The first kappa shape index (κ1) is 15.5. The normalized spacial score (nSPS) is 13.3. The molecule has 0 fully saturated rings. The minimum atomic E-state index is -0.0722. The summed E-state index contributed by atoms with van der Waals surface area (Å²) < 4.78 is 5.52. The number of carbonyl (C=O) groups excluding carboxylic acids is 1. The lowest BCUT2D eigenvalue weighted by atomic mass is 10.1. The lowest BCUT2D eigenvalue weighted by Crippen LogP contribution is -2.38. The van der Waals surface area contributed by atoms with Crippen LogP contribution in [-0.2, 0) is 4.79 Å². The number of carbonyl (C=O) groups is 1. The van der Waals surface area contributed by atoms with Gasteiger partial charge in [0, 0.05) is 23.7 Å². The van der Waals surface area contributed by atoms with Crippen LogP contribution in [0.25, 0.3) is 22.0 Å². The molecule has 1 amide bonds. The number of pyridine rings is 1. The number of benzene rings is 1. The first-order chi connectivity index (χ1) is 12.3. The SMILES string of the molecule is C=CCN1C(=O)COc2ccc(-c3csc(-c4ccccn4)n3)cc21. The minimum absolute atomic E-state index is 0.0563. The van der Waals surface area contributed by atoms with Crippen LogP contribution < -0.4 is 9.64 Å². The van der Waals surface area contributed by atoms with Crippen molar-refractivity contribution in [1.82, 2.24) is 9.97 Å². The Bertz CT molecular complexity index is 937. The number of hydrogen-bond donors (Lipinski definition) is 0. The van der Waals surface area contributed by atoms with Crippen molar-refractivity contribution in [3.05, 3.63) is 60.6 Å². The number of fused-ring (bicyclic) bond motifs is 1. The van der Waals surface area contributed by atoms with Gasteiger partial charge in [0.25, 0.3) is 5.91 Å². The van der Waals surface area contributed by atoms with E-state index in [1.54, 1.807) is 28.5 Å². The number of hydrogen-bond acceptors (Lipinski definition) is 5. The summed E-state index contributed by atoms with van der Waals surface area (Å²) >= 11 is 1.54. The Morgan fingerprint density at radius 1 is 1.28 bits per heavy atom. The molecule has 25 heavy (non-hydrogen) atoms. The molecule has 6 heteroatoms. The van der Waals surface area contributed by atoms with Crippen LogP contribution in [0.5, 0.6) is 5.75 Å². The van der Waals surface area contributed by atoms with Crippen molar-refractivity contribution in [1.29, 1.82) is 0 Å². The summed E-state index contributed by atoms with van der Waals surface area (Å²) in [6, 6.07) is 11.5. The van der Waals surface area contributed by atoms with E-state index in [9.17, 15) is 4.79 Å². The van der Waals surface area contributed by atoms with Gasteiger partial charge in [-0.25, -0.2) is 4.98 Å². The number of aromatic nitrogens is 2. The molecular weight excluding hydrogens is 334 g/mol. The Labute approximate surface area is 149 Å². The van der Waals surface area contributed by atoms with Crippen LogP contribution in [0.15, 0.2) is 60.6 Å². The van der Waals surface area contributed by atoms with Crippen molar-refractivity contribution in [2.24, 2.45) is 0 Å². The Kier molecular flexibility index (Phi) is 4.03. The Morgan fingerprint density at radius 3 is 3.00 bits per heavy atom. The fourth-order valence-corrected chi connectivity index (χ4v) is 3.51. The predicted molar refractivity (Wildman–Crippen MR) is 98.8 cm³/mol. The van der Waals surface area contributed by atoms with Crippen LogP contribution in [0.2, 0.25) is 0 Å². The van der Waals surface area contributed by atoms with Gasteiger partial charge in [-0.2, -0.15) is 0 Å². The highest BCUT2D eigenvalue weighted by Gasteiger charge is 2.25. The molecule has 3 aromatic rings. The quantitative estimate of drug-likeness (QED) is 0.673. The van der Waals surface area contributed by atoms with Crippen LogP contribution >= 0.6 is 11.3 Å². The number of thiazole rings is 1. The molecule has 0 aliphatic carbocycles. The van der Waals surface area contributed by atoms with E-state index < -0.39 is 0 Å². The zero-order valence-electron chi connectivity index (χ0n) is 13.4. The zero-order chi connectivity index (χ0) is 17.2. The first-order valence-corrected chi connectivity index (χ1v) is 8.69. The maximum absolute atomic E-state index is 12.1. The van der Waals surface area contributed by atoms with Crippen molar-refractivity contribution < 1.29 is 9.53 Å². The summed E-state index contributed by atoms with van der Waals surface area (Å²) in [6.45, 7) is 4.24. The molecule has 124 valence electrons. The monoisotopic (exact) mass is 349 g/mol. The number of anilines is 1. The van der Waals surface area contributed by atoms with Crippen LogP contribution in [-0.4, -0.2) is 29.0 Å². The van der Waals surface area contributed by atoms with Gasteiger partial charge < -0.3 is 9.64 Å². The molecule has 3 heterocycles. The highest BCUT2D eigenvalue weighted by Crippen LogP contribution is 2.37. The van der Waals surface area contributed by atoms with Gasteiger partial charge in [0.1, 0.15) is 10.8 Å². The summed E-state index contributed by atoms with van der Waals surface area (Å²) in [5.74, 6) is 0.627. The molecule has 1 aliphatic heterocycles. The van der Waals surface area contributed by atoms with E-state index in [0.717, 1.165) is 27.6 Å². The second-order valence-corrected chi connectivity index (χ2v) is 6.38. The van der Waals surface area contributed by atoms with E-state index in [-0.39, 0.29) is 12.5 Å². The van der Waals surface area contributed by atoms with Crippen LogP contribution in [0.1, 0.15) is 0 Å². The van der Waals surface area contributed by atoms with Gasteiger partial charge in [-0.1, -0.05) is 12.1 Å². The van der Waals surface area contributed by atoms with E-state index in [1.807, 2.05) is 41.8 Å². The van der Waals surface area contributed by atoms with Gasteiger partial charge in [-0.3, -0.25) is 9.78 Å². The highest BCUT2D eigenvalue weighted by atomic mass is 32.1. The third-order valence-corrected chi connectivity index (χ3v) is 4.76. The average molecular weight is 349 g/mol. The van der Waals surface area contributed by atoms with Crippen molar-refractivity contribution >= 4 is 22.9 Å². The van der Waals surface area contributed by atoms with Crippen molar-refractivity contribution in [2.45, 2.75) is 0 Å². The number of amides is 1. The smallest absolute Gasteiger partial charge is 0.265 e. The van der Waals surface area contributed by atoms with Gasteiger partial charge in [-0.15, -0.1) is 17.9 Å². The minimum Gasteiger partial charge on any atom is -0.482 e. The molecule has 4 rings (SSSR count). The lowest BCUT2D eigenvalue weighted by molar-refractivity contribution is -0.121. The summed E-state index contributed by atoms with van der Waals surface area (Å²) in [7, 11) is 0. The van der Waals surface area contributed by atoms with Gasteiger partial charge in [0.2, 0.25) is 0 Å². The van der Waals surface area contributed by atoms with Gasteiger partial charge in [-0.05, 0) is 30.3 Å². The van der Waals surface area contributed by atoms with Crippen LogP contribution in [0, 0.1) is 0 Å². The van der Waals surface area contributed by atoms with E-state index in [4.69, 9.17) is 4.74 Å². The Morgan fingerprint density at radius 2 is 2.20 bits per heavy atom. The molecule has 0 spiro atoms. The zero-order valence-corrected chi connectivity index (χ0v) is 14.2. The summed E-state index contributed by atoms with van der Waals surface area (Å²) in [6.07, 6.45) is 3.47. The molecule has 0 unspecified atom stereocenters. The molecule has 1 aromatic carbocycles. The molecule has 0 bridgehead atoms. The van der Waals surface area contributed by atoms with Crippen molar-refractivity contribution in [3.63, 3.8) is 0 Å². The molecule has 0 saturated heterocycles. The Hall–Kier alpha value is -2.99. The standard InChI is InChI=1S/C19H15N3O2S/c1-2-9-22-16-10-13(6-7-17(16)24-11-18(22)23)15-12-25-19(21-15)14-5-3-4-8-20-14/h2-8,10,12H,1,9,11H2. The fourth-order valence-electron chi connectivity index (χ4n) is 2.70. The third-order valence-electron chi connectivity index (χ3n) is 3.90. The first-order valence-electron chi connectivity index (χ1n) is 7.81. The topological polar surface area (TPSA) is 55.3 Å². The van der Waals surface area contributed by atoms with E-state index in [2.05, 4.69) is 16.5 Å². The predicted octanol–water partition coefficient (Wildman–Crippen LogP) is 3.78. The third kappa shape index (κ3) is 2.92. The Balaban J connectivity index is 1.72. The number of rotatable bonds is 4. The number of ether oxygens (including phenoxy) is 1. The van der Waals surface area contributed by atoms with Crippen molar-refractivity contribution in [2.75, 3.05) is 18.1 Å². The lowest BCUT2D eigenvalue weighted by Gasteiger charge is -2.28. The summed E-state index contributed by atoms with van der Waals surface area (Å²) in [5, 5.41) is 2.86. The van der Waals surface area contributed by atoms with Crippen molar-refractivity contribution in [3.8, 4) is 27.7 Å². The average Bonchev–Trinajstić information content (AvgIpc) is 3.15. The largest absolute Gasteiger partial charge is 0.482 e. The van der Waals surface area contributed by atoms with E-state index in [1.165, 1.54) is 0 Å². The number of nitrogens with zero attached hydrogens (tertiary/aromatic N) is 3. The molecular formula is C19H15N3O2S. The van der Waals surface area contributed by atoms with E-state index in [0.29, 0.717) is 12.3 Å². The molecule has 5 nitrogen and oxygen atoms in total. The summed E-state index contributed by atoms with van der Waals surface area (Å²) in [4.78, 5) is 22.8. The molecule has 0 atom stereocenters. The van der Waals surface area contributed by atoms with Gasteiger partial charge in [0.15, 0.2) is 6.61 Å². The van der Waals surface area contributed by atoms with E-state index >= 15 is 0 Å². The van der Waals surface area contributed by atoms with Gasteiger partial charge in [0.05, 0.1) is 17.1 Å². The van der Waals surface area contributed by atoms with Crippen LogP contribution in [0.3, 0.4) is 0 Å².